The van der Waals surface area contributed by atoms with Crippen molar-refractivity contribution in [1.82, 2.24) is 5.32 Å². The predicted octanol–water partition coefficient (Wildman–Crippen LogP) is 6.22. The number of benzene rings is 1. The third kappa shape index (κ3) is 9.10. The van der Waals surface area contributed by atoms with Gasteiger partial charge in [0, 0.05) is 12.8 Å². The van der Waals surface area contributed by atoms with Crippen molar-refractivity contribution in [3.8, 4) is 0 Å². The third-order valence-electron chi connectivity index (χ3n) is 5.90. The lowest BCUT2D eigenvalue weighted by Crippen LogP contribution is -2.46. The second-order valence-corrected chi connectivity index (χ2v) is 16.4. The molecule has 0 bridgehead atoms. The van der Waals surface area contributed by atoms with Crippen LogP contribution in [0.3, 0.4) is 0 Å². The predicted molar refractivity (Wildman–Crippen MR) is 135 cm³/mol. The van der Waals surface area contributed by atoms with Crippen LogP contribution in [-0.2, 0) is 27.6 Å². The molecule has 0 aliphatic rings. The molecular formula is C24H42NO6PSi. The van der Waals surface area contributed by atoms with Crippen LogP contribution >= 0.6 is 7.60 Å². The van der Waals surface area contributed by atoms with Crippen LogP contribution in [0.2, 0.25) is 18.1 Å². The van der Waals surface area contributed by atoms with Gasteiger partial charge in [0.15, 0.2) is 14.1 Å². The quantitative estimate of drug-likeness (QED) is 0.241. The standard InChI is InChI=1S/C24H42NO6PSi/c1-9-29-32(28,30-10-2)23(31-33(7,8)24(4,5)6)21(26)17-14-18-22(27)25-19(3)20-15-12-11-13-16-20/h11-13,15-16,19,23H,9-10,14,17-18H2,1-8H3,(H,25,27)/t19-,23+/m0/s1. The molecule has 0 unspecified atom stereocenters. The van der Waals surface area contributed by atoms with Gasteiger partial charge >= 0.3 is 7.60 Å². The fraction of sp³-hybridized carbons (Fsp3) is 0.667. The summed E-state index contributed by atoms with van der Waals surface area (Å²) < 4.78 is 30.7. The number of nitrogens with one attached hydrogen (secondary N) is 1. The first-order chi connectivity index (χ1) is 15.3. The van der Waals surface area contributed by atoms with Crippen molar-refractivity contribution in [3.05, 3.63) is 35.9 Å². The maximum absolute atomic E-state index is 13.5. The second kappa shape index (κ2) is 13.0. The monoisotopic (exact) mass is 499 g/mol. The summed E-state index contributed by atoms with van der Waals surface area (Å²) in [7, 11) is -6.27. The van der Waals surface area contributed by atoms with Gasteiger partial charge in [0.05, 0.1) is 19.3 Å². The Morgan fingerprint density at radius 1 is 1.03 bits per heavy atom. The zero-order valence-corrected chi connectivity index (χ0v) is 23.4. The Balaban J connectivity index is 2.86. The van der Waals surface area contributed by atoms with Gasteiger partial charge in [-0.2, -0.15) is 0 Å². The molecule has 0 aliphatic carbocycles. The summed E-state index contributed by atoms with van der Waals surface area (Å²) in [4.78, 5) is 25.6. The van der Waals surface area contributed by atoms with E-state index in [0.29, 0.717) is 6.42 Å². The van der Waals surface area contributed by atoms with Crippen LogP contribution in [0.15, 0.2) is 30.3 Å². The lowest BCUT2D eigenvalue weighted by atomic mass is 10.1. The van der Waals surface area contributed by atoms with Gasteiger partial charge in [-0.15, -0.1) is 0 Å². The Morgan fingerprint density at radius 3 is 2.06 bits per heavy atom. The van der Waals surface area contributed by atoms with E-state index in [4.69, 9.17) is 13.5 Å². The van der Waals surface area contributed by atoms with E-state index in [0.717, 1.165) is 5.56 Å². The molecule has 0 saturated heterocycles. The first-order valence-electron chi connectivity index (χ1n) is 11.7. The van der Waals surface area contributed by atoms with Gasteiger partial charge in [0.1, 0.15) is 0 Å². The summed E-state index contributed by atoms with van der Waals surface area (Å²) in [5.74, 6) is -1.78. The number of ketones is 1. The molecule has 1 amide bonds. The fourth-order valence-corrected chi connectivity index (χ4v) is 6.88. The molecule has 2 atom stereocenters. The molecule has 0 aliphatic heterocycles. The Bertz CT molecular complexity index is 799. The molecule has 0 radical (unpaired) electrons. The van der Waals surface area contributed by atoms with E-state index in [1.165, 1.54) is 0 Å². The summed E-state index contributed by atoms with van der Waals surface area (Å²) in [6.07, 6.45) is 0.557. The molecule has 33 heavy (non-hydrogen) atoms. The Morgan fingerprint density at radius 2 is 1.58 bits per heavy atom. The highest BCUT2D eigenvalue weighted by Crippen LogP contribution is 2.56. The zero-order chi connectivity index (χ0) is 25.3. The molecule has 0 spiro atoms. The fourth-order valence-electron chi connectivity index (χ4n) is 2.98. The van der Waals surface area contributed by atoms with Crippen molar-refractivity contribution in [2.24, 2.45) is 0 Å². The van der Waals surface area contributed by atoms with E-state index in [2.05, 4.69) is 5.32 Å². The molecule has 0 aromatic heterocycles. The first kappa shape index (κ1) is 29.7. The van der Waals surface area contributed by atoms with E-state index in [1.807, 2.05) is 71.1 Å². The molecule has 9 heteroatoms. The van der Waals surface area contributed by atoms with Crippen LogP contribution in [0, 0.1) is 0 Å². The topological polar surface area (TPSA) is 90.9 Å². The lowest BCUT2D eigenvalue weighted by Gasteiger charge is -2.40. The van der Waals surface area contributed by atoms with Gasteiger partial charge in [-0.25, -0.2) is 0 Å². The van der Waals surface area contributed by atoms with Gasteiger partial charge in [0.2, 0.25) is 11.8 Å². The number of rotatable bonds is 14. The van der Waals surface area contributed by atoms with E-state index < -0.39 is 21.8 Å². The molecular weight excluding hydrogens is 457 g/mol. The van der Waals surface area contributed by atoms with Crippen LogP contribution in [0.1, 0.15) is 72.4 Å². The Labute approximate surface area is 200 Å². The maximum atomic E-state index is 13.5. The van der Waals surface area contributed by atoms with E-state index >= 15 is 0 Å². The van der Waals surface area contributed by atoms with Gasteiger partial charge in [-0.3, -0.25) is 14.2 Å². The third-order valence-corrected chi connectivity index (χ3v) is 12.7. The van der Waals surface area contributed by atoms with Crippen molar-refractivity contribution in [3.63, 3.8) is 0 Å². The molecule has 1 aromatic rings. The Kier molecular flexibility index (Phi) is 11.7. The van der Waals surface area contributed by atoms with E-state index in [9.17, 15) is 14.2 Å². The lowest BCUT2D eigenvalue weighted by molar-refractivity contribution is -0.124. The summed E-state index contributed by atoms with van der Waals surface area (Å²) in [6.45, 7) is 15.7. The summed E-state index contributed by atoms with van der Waals surface area (Å²) in [6, 6.07) is 9.56. The normalized spacial score (nSPS) is 14.5. The maximum Gasteiger partial charge on any atom is 0.365 e. The number of amides is 1. The molecule has 0 fully saturated rings. The van der Waals surface area contributed by atoms with Gasteiger partial charge < -0.3 is 18.8 Å². The van der Waals surface area contributed by atoms with Crippen molar-refractivity contribution in [1.29, 1.82) is 0 Å². The second-order valence-electron chi connectivity index (χ2n) is 9.63. The zero-order valence-electron chi connectivity index (χ0n) is 21.5. The average molecular weight is 500 g/mol. The number of hydrogen-bond acceptors (Lipinski definition) is 6. The molecule has 188 valence electrons. The van der Waals surface area contributed by atoms with Crippen molar-refractivity contribution >= 4 is 27.6 Å². The summed E-state index contributed by atoms with van der Waals surface area (Å²) in [5.41, 5.74) is 1.01. The number of hydrogen-bond donors (Lipinski definition) is 1. The number of carbonyl (C=O) groups is 2. The largest absolute Gasteiger partial charge is 0.397 e. The summed E-state index contributed by atoms with van der Waals surface area (Å²) in [5, 5.41) is 2.76. The molecule has 0 saturated carbocycles. The van der Waals surface area contributed by atoms with Crippen LogP contribution in [0.25, 0.3) is 0 Å². The number of carbonyl (C=O) groups excluding carboxylic acids is 2. The minimum atomic E-state index is -3.82. The van der Waals surface area contributed by atoms with Crippen LogP contribution < -0.4 is 5.32 Å². The molecule has 1 rings (SSSR count). The highest BCUT2D eigenvalue weighted by atomic mass is 31.2. The molecule has 0 heterocycles. The minimum Gasteiger partial charge on any atom is -0.397 e. The SMILES string of the molecule is CCOP(=O)(OCC)[C@@H](O[Si](C)(C)C(C)(C)C)C(=O)CCCC(=O)N[C@@H](C)c1ccccc1. The smallest absolute Gasteiger partial charge is 0.365 e. The first-order valence-corrected chi connectivity index (χ1v) is 16.2. The molecule has 1 N–H and O–H groups in total. The van der Waals surface area contributed by atoms with Gasteiger partial charge in [-0.05, 0) is 50.9 Å². The highest BCUT2D eigenvalue weighted by molar-refractivity contribution is 7.55. The van der Waals surface area contributed by atoms with Crippen LogP contribution in [0.4, 0.5) is 0 Å². The summed E-state index contributed by atoms with van der Waals surface area (Å²) >= 11 is 0. The average Bonchev–Trinajstić information content (AvgIpc) is 2.72. The van der Waals surface area contributed by atoms with Crippen molar-refractivity contribution in [2.75, 3.05) is 13.2 Å². The van der Waals surface area contributed by atoms with Gasteiger partial charge in [0.25, 0.3) is 0 Å². The number of Topliss-reactive ketones (excluding diaryl/α,β-unsaturated/α-hetero) is 1. The highest BCUT2D eigenvalue weighted by Gasteiger charge is 2.48. The minimum absolute atomic E-state index is 0.0521. The van der Waals surface area contributed by atoms with Gasteiger partial charge in [-0.1, -0.05) is 51.1 Å². The van der Waals surface area contributed by atoms with E-state index in [1.54, 1.807) is 13.8 Å². The Hall–Kier alpha value is -1.31. The van der Waals surface area contributed by atoms with Crippen molar-refractivity contribution in [2.45, 2.75) is 90.8 Å². The van der Waals surface area contributed by atoms with Crippen LogP contribution in [-0.4, -0.2) is 39.1 Å². The van der Waals surface area contributed by atoms with Crippen LogP contribution in [0.5, 0.6) is 0 Å². The molecule has 1 aromatic carbocycles. The molecule has 7 nitrogen and oxygen atoms in total. The van der Waals surface area contributed by atoms with Crippen molar-refractivity contribution < 1.29 is 27.6 Å². The van der Waals surface area contributed by atoms with E-state index in [-0.39, 0.29) is 48.8 Å².